The molecule has 0 radical (unpaired) electrons. The van der Waals surface area contributed by atoms with E-state index in [0.717, 1.165) is 11.3 Å². The van der Waals surface area contributed by atoms with E-state index in [0.29, 0.717) is 15.9 Å². The summed E-state index contributed by atoms with van der Waals surface area (Å²) in [6.07, 6.45) is 2.43. The summed E-state index contributed by atoms with van der Waals surface area (Å²) in [7, 11) is 0. The summed E-state index contributed by atoms with van der Waals surface area (Å²) >= 11 is 6.08. The van der Waals surface area contributed by atoms with E-state index in [1.807, 2.05) is 48.5 Å². The molecule has 0 spiro atoms. The summed E-state index contributed by atoms with van der Waals surface area (Å²) < 4.78 is 8.37. The molecule has 4 rings (SSSR count). The Hall–Kier alpha value is -3.00. The molecule has 2 aromatic carbocycles. The van der Waals surface area contributed by atoms with E-state index >= 15 is 0 Å². The van der Waals surface area contributed by atoms with Crippen molar-refractivity contribution in [2.45, 2.75) is 19.3 Å². The molecule has 0 aliphatic carbocycles. The minimum Gasteiger partial charge on any atom is -0.389 e. The zero-order valence-corrected chi connectivity index (χ0v) is 16.2. The van der Waals surface area contributed by atoms with Crippen LogP contribution in [0.1, 0.15) is 5.56 Å². The van der Waals surface area contributed by atoms with Gasteiger partial charge in [0.15, 0.2) is 5.52 Å². The Balaban J connectivity index is 1.44. The predicted octanol–water partition coefficient (Wildman–Crippen LogP) is 2.81. The molecular formula is C21H19ClN4O3. The first-order valence-electron chi connectivity index (χ1n) is 9.12. The minimum absolute atomic E-state index is 0.00942. The molecule has 1 atom stereocenters. The van der Waals surface area contributed by atoms with Crippen molar-refractivity contribution in [1.82, 2.24) is 19.6 Å². The Bertz CT molecular complexity index is 1170. The second-order valence-corrected chi connectivity index (χ2v) is 7.01. The van der Waals surface area contributed by atoms with Crippen molar-refractivity contribution in [1.29, 1.82) is 0 Å². The van der Waals surface area contributed by atoms with Crippen molar-refractivity contribution in [2.75, 3.05) is 6.61 Å². The van der Waals surface area contributed by atoms with Gasteiger partial charge in [-0.15, -0.1) is 0 Å². The van der Waals surface area contributed by atoms with Crippen LogP contribution in [-0.2, 0) is 17.9 Å². The Morgan fingerprint density at radius 3 is 2.66 bits per heavy atom. The molecule has 2 heterocycles. The van der Waals surface area contributed by atoms with Gasteiger partial charge in [-0.25, -0.2) is 9.36 Å². The standard InChI is InChI=1S/C21H19ClN4O3/c22-19-9-5-4-6-15(19)13-29-14-18(27)12-26-21(28)20-16(10-23-26)11-25(24-20)17-7-2-1-3-8-17/h1-11,18,27H,12-14H2. The second-order valence-electron chi connectivity index (χ2n) is 6.61. The third-order valence-electron chi connectivity index (χ3n) is 4.45. The zero-order valence-electron chi connectivity index (χ0n) is 15.5. The SMILES string of the molecule is O=c1c2nn(-c3ccccc3)cc2cnn1CC(O)COCc1ccccc1Cl. The molecule has 0 saturated carbocycles. The van der Waals surface area contributed by atoms with E-state index in [2.05, 4.69) is 10.2 Å². The maximum Gasteiger partial charge on any atom is 0.295 e. The van der Waals surface area contributed by atoms with Crippen molar-refractivity contribution < 1.29 is 9.84 Å². The summed E-state index contributed by atoms with van der Waals surface area (Å²) in [6, 6.07) is 16.9. The van der Waals surface area contributed by atoms with Crippen LogP contribution in [0.2, 0.25) is 5.02 Å². The molecule has 1 N–H and O–H groups in total. The lowest BCUT2D eigenvalue weighted by molar-refractivity contribution is 0.0181. The average molecular weight is 411 g/mol. The fourth-order valence-corrected chi connectivity index (χ4v) is 3.16. The Labute approximate surface area is 171 Å². The minimum atomic E-state index is -0.892. The van der Waals surface area contributed by atoms with Gasteiger partial charge in [0.25, 0.3) is 5.56 Å². The van der Waals surface area contributed by atoms with Gasteiger partial charge < -0.3 is 9.84 Å². The summed E-state index contributed by atoms with van der Waals surface area (Å²) in [5.74, 6) is 0. The number of hydrogen-bond acceptors (Lipinski definition) is 5. The molecule has 0 bridgehead atoms. The molecule has 148 valence electrons. The van der Waals surface area contributed by atoms with E-state index in [-0.39, 0.29) is 25.3 Å². The predicted molar refractivity (Wildman–Crippen MR) is 110 cm³/mol. The summed E-state index contributed by atoms with van der Waals surface area (Å²) in [5.41, 5.74) is 1.63. The number of hydrogen-bond donors (Lipinski definition) is 1. The van der Waals surface area contributed by atoms with Crippen LogP contribution in [-0.4, -0.2) is 37.4 Å². The highest BCUT2D eigenvalue weighted by molar-refractivity contribution is 6.31. The molecule has 1 unspecified atom stereocenters. The van der Waals surface area contributed by atoms with Gasteiger partial charge in [0.1, 0.15) is 0 Å². The molecule has 0 amide bonds. The number of benzene rings is 2. The second kappa shape index (κ2) is 8.57. The molecule has 4 aromatic rings. The molecule has 0 aliphatic heterocycles. The Morgan fingerprint density at radius 2 is 1.86 bits per heavy atom. The molecule has 29 heavy (non-hydrogen) atoms. The lowest BCUT2D eigenvalue weighted by atomic mass is 10.2. The van der Waals surface area contributed by atoms with Crippen LogP contribution in [0.5, 0.6) is 0 Å². The number of rotatable bonds is 7. The number of para-hydroxylation sites is 1. The number of fused-ring (bicyclic) bond motifs is 1. The van der Waals surface area contributed by atoms with E-state index in [4.69, 9.17) is 16.3 Å². The highest BCUT2D eigenvalue weighted by atomic mass is 35.5. The topological polar surface area (TPSA) is 82.2 Å². The lowest BCUT2D eigenvalue weighted by Crippen LogP contribution is -2.31. The maximum atomic E-state index is 12.7. The molecule has 0 aliphatic rings. The van der Waals surface area contributed by atoms with Crippen molar-refractivity contribution in [3.8, 4) is 5.69 Å². The van der Waals surface area contributed by atoms with Crippen LogP contribution in [0.4, 0.5) is 0 Å². The highest BCUT2D eigenvalue weighted by Crippen LogP contribution is 2.16. The molecular weight excluding hydrogens is 392 g/mol. The Morgan fingerprint density at radius 1 is 1.10 bits per heavy atom. The number of aliphatic hydroxyl groups is 1. The van der Waals surface area contributed by atoms with Crippen molar-refractivity contribution in [2.24, 2.45) is 0 Å². The number of nitrogens with zero attached hydrogens (tertiary/aromatic N) is 4. The van der Waals surface area contributed by atoms with Gasteiger partial charge in [-0.2, -0.15) is 10.2 Å². The molecule has 2 aromatic heterocycles. The van der Waals surface area contributed by atoms with Gasteiger partial charge in [-0.1, -0.05) is 48.0 Å². The summed E-state index contributed by atoms with van der Waals surface area (Å²) in [5, 5.41) is 20.0. The van der Waals surface area contributed by atoms with Gasteiger partial charge in [-0.05, 0) is 23.8 Å². The lowest BCUT2D eigenvalue weighted by Gasteiger charge is -2.12. The van der Waals surface area contributed by atoms with Gasteiger partial charge in [0, 0.05) is 16.6 Å². The number of aliphatic hydroxyl groups excluding tert-OH is 1. The number of aromatic nitrogens is 4. The third kappa shape index (κ3) is 4.37. The van der Waals surface area contributed by atoms with E-state index in [9.17, 15) is 9.90 Å². The largest absolute Gasteiger partial charge is 0.389 e. The monoisotopic (exact) mass is 410 g/mol. The van der Waals surface area contributed by atoms with Crippen molar-refractivity contribution in [3.05, 3.63) is 87.9 Å². The molecule has 0 saturated heterocycles. The fourth-order valence-electron chi connectivity index (χ4n) is 2.97. The summed E-state index contributed by atoms with van der Waals surface area (Å²) in [4.78, 5) is 12.7. The van der Waals surface area contributed by atoms with Gasteiger partial charge in [-0.3, -0.25) is 4.79 Å². The van der Waals surface area contributed by atoms with Gasteiger partial charge >= 0.3 is 0 Å². The van der Waals surface area contributed by atoms with Gasteiger partial charge in [0.05, 0.1) is 37.7 Å². The first-order chi connectivity index (χ1) is 14.1. The normalized spacial score (nSPS) is 12.3. The van der Waals surface area contributed by atoms with Crippen LogP contribution in [0.25, 0.3) is 16.6 Å². The summed E-state index contributed by atoms with van der Waals surface area (Å²) in [6.45, 7) is 0.338. The average Bonchev–Trinajstić information content (AvgIpc) is 3.17. The van der Waals surface area contributed by atoms with Crippen molar-refractivity contribution in [3.63, 3.8) is 0 Å². The third-order valence-corrected chi connectivity index (χ3v) is 4.81. The van der Waals surface area contributed by atoms with E-state index in [1.165, 1.54) is 4.68 Å². The van der Waals surface area contributed by atoms with Gasteiger partial charge in [0.2, 0.25) is 0 Å². The molecule has 7 nitrogen and oxygen atoms in total. The van der Waals surface area contributed by atoms with Crippen LogP contribution in [0, 0.1) is 0 Å². The van der Waals surface area contributed by atoms with Crippen LogP contribution in [0.3, 0.4) is 0 Å². The quantitative estimate of drug-likeness (QED) is 0.506. The maximum absolute atomic E-state index is 12.7. The molecule has 8 heteroatoms. The highest BCUT2D eigenvalue weighted by Gasteiger charge is 2.13. The smallest absolute Gasteiger partial charge is 0.295 e. The van der Waals surface area contributed by atoms with E-state index in [1.54, 1.807) is 23.1 Å². The number of halogens is 1. The van der Waals surface area contributed by atoms with E-state index < -0.39 is 6.10 Å². The Kier molecular flexibility index (Phi) is 5.71. The van der Waals surface area contributed by atoms with Crippen LogP contribution < -0.4 is 5.56 Å². The zero-order chi connectivity index (χ0) is 20.2. The number of ether oxygens (including phenoxy) is 1. The van der Waals surface area contributed by atoms with Crippen molar-refractivity contribution >= 4 is 22.5 Å². The molecule has 0 fully saturated rings. The first-order valence-corrected chi connectivity index (χ1v) is 9.50. The van der Waals surface area contributed by atoms with Crippen LogP contribution >= 0.6 is 11.6 Å². The fraction of sp³-hybridized carbons (Fsp3) is 0.190. The first kappa shape index (κ1) is 19.3. The van der Waals surface area contributed by atoms with Crippen LogP contribution in [0.15, 0.2) is 71.8 Å².